The molecule has 4 rings (SSSR count). The maximum atomic E-state index is 11.4. The van der Waals surface area contributed by atoms with Gasteiger partial charge < -0.3 is 10.4 Å². The standard InChI is InChI=1S/C21H19NO/c23-21(18-12-6-2-7-13-18)16-20(21,17-10-4-1-5-11-17)22-19-14-8-3-9-15-19/h1-15,22-23H,16H2. The fourth-order valence-electron chi connectivity index (χ4n) is 3.45. The van der Waals surface area contributed by atoms with E-state index in [0.29, 0.717) is 6.42 Å². The van der Waals surface area contributed by atoms with E-state index in [0.717, 1.165) is 16.8 Å². The number of benzene rings is 3. The molecule has 2 unspecified atom stereocenters. The lowest BCUT2D eigenvalue weighted by atomic mass is 9.95. The third-order valence-electron chi connectivity index (χ3n) is 4.75. The number of hydrogen-bond acceptors (Lipinski definition) is 2. The quantitative estimate of drug-likeness (QED) is 0.753. The summed E-state index contributed by atoms with van der Waals surface area (Å²) in [6, 6.07) is 30.2. The normalized spacial score (nSPS) is 25.8. The van der Waals surface area contributed by atoms with Crippen molar-refractivity contribution in [2.24, 2.45) is 0 Å². The lowest BCUT2D eigenvalue weighted by Gasteiger charge is -2.25. The van der Waals surface area contributed by atoms with Crippen molar-refractivity contribution >= 4 is 5.69 Å². The average Bonchev–Trinajstić information content (AvgIpc) is 3.24. The molecule has 1 fully saturated rings. The number of anilines is 1. The zero-order valence-corrected chi connectivity index (χ0v) is 12.8. The average molecular weight is 301 g/mol. The van der Waals surface area contributed by atoms with E-state index in [1.807, 2.05) is 78.9 Å². The van der Waals surface area contributed by atoms with Crippen LogP contribution in [0.15, 0.2) is 91.0 Å². The Bertz CT molecular complexity index is 788. The van der Waals surface area contributed by atoms with Gasteiger partial charge in [-0.15, -0.1) is 0 Å². The first-order valence-electron chi connectivity index (χ1n) is 7.91. The van der Waals surface area contributed by atoms with E-state index in [1.54, 1.807) is 0 Å². The van der Waals surface area contributed by atoms with Crippen LogP contribution in [0.1, 0.15) is 17.5 Å². The molecule has 2 N–H and O–H groups in total. The third kappa shape index (κ3) is 2.23. The predicted octanol–water partition coefficient (Wildman–Crippen LogP) is 4.29. The van der Waals surface area contributed by atoms with E-state index in [-0.39, 0.29) is 0 Å². The van der Waals surface area contributed by atoms with Crippen LogP contribution in [0.25, 0.3) is 0 Å². The molecule has 0 aliphatic heterocycles. The van der Waals surface area contributed by atoms with Gasteiger partial charge in [0.25, 0.3) is 0 Å². The Kier molecular flexibility index (Phi) is 3.21. The van der Waals surface area contributed by atoms with Crippen LogP contribution >= 0.6 is 0 Å². The Morgan fingerprint density at radius 1 is 0.652 bits per heavy atom. The van der Waals surface area contributed by atoms with Gasteiger partial charge in [0.05, 0.1) is 5.54 Å². The van der Waals surface area contributed by atoms with Gasteiger partial charge in [-0.25, -0.2) is 0 Å². The van der Waals surface area contributed by atoms with E-state index >= 15 is 0 Å². The minimum absolute atomic E-state index is 0.489. The van der Waals surface area contributed by atoms with E-state index in [2.05, 4.69) is 17.4 Å². The molecule has 2 heteroatoms. The Balaban J connectivity index is 1.78. The van der Waals surface area contributed by atoms with Crippen LogP contribution < -0.4 is 5.32 Å². The second-order valence-electron chi connectivity index (χ2n) is 6.17. The van der Waals surface area contributed by atoms with Crippen LogP contribution in [0.2, 0.25) is 0 Å². The molecule has 1 aliphatic rings. The van der Waals surface area contributed by atoms with Crippen molar-refractivity contribution in [2.45, 2.75) is 17.6 Å². The Hall–Kier alpha value is -2.58. The third-order valence-corrected chi connectivity index (χ3v) is 4.75. The maximum absolute atomic E-state index is 11.4. The maximum Gasteiger partial charge on any atom is 0.119 e. The van der Waals surface area contributed by atoms with E-state index in [4.69, 9.17) is 0 Å². The summed E-state index contributed by atoms with van der Waals surface area (Å²) in [4.78, 5) is 0. The SMILES string of the molecule is OC1(c2ccccc2)CC1(Nc1ccccc1)c1ccccc1. The first-order chi connectivity index (χ1) is 11.2. The fraction of sp³-hybridized carbons (Fsp3) is 0.143. The summed E-state index contributed by atoms with van der Waals surface area (Å²) in [5, 5.41) is 14.9. The first kappa shape index (κ1) is 14.0. The van der Waals surface area contributed by atoms with Gasteiger partial charge in [-0.1, -0.05) is 78.9 Å². The highest BCUT2D eigenvalue weighted by Gasteiger charge is 2.69. The Labute approximate surface area is 136 Å². The lowest BCUT2D eigenvalue weighted by Crippen LogP contribution is -2.30. The second-order valence-corrected chi connectivity index (χ2v) is 6.17. The minimum Gasteiger partial charge on any atom is -0.382 e. The fourth-order valence-corrected chi connectivity index (χ4v) is 3.45. The largest absolute Gasteiger partial charge is 0.382 e. The first-order valence-corrected chi connectivity index (χ1v) is 7.91. The van der Waals surface area contributed by atoms with Crippen molar-refractivity contribution in [3.8, 4) is 0 Å². The molecule has 1 aliphatic carbocycles. The highest BCUT2D eigenvalue weighted by atomic mass is 16.3. The van der Waals surface area contributed by atoms with Crippen molar-refractivity contribution in [1.29, 1.82) is 0 Å². The molecule has 0 heterocycles. The summed E-state index contributed by atoms with van der Waals surface area (Å²) in [7, 11) is 0. The summed E-state index contributed by atoms with van der Waals surface area (Å²) in [5.41, 5.74) is 1.69. The number of rotatable bonds is 4. The predicted molar refractivity (Wildman–Crippen MR) is 93.1 cm³/mol. The highest BCUT2D eigenvalue weighted by Crippen LogP contribution is 2.63. The van der Waals surface area contributed by atoms with Crippen LogP contribution in [0.5, 0.6) is 0 Å². The van der Waals surface area contributed by atoms with Gasteiger partial charge in [-0.05, 0) is 23.3 Å². The van der Waals surface area contributed by atoms with Crippen molar-refractivity contribution in [3.05, 3.63) is 102 Å². The van der Waals surface area contributed by atoms with Gasteiger partial charge in [0.1, 0.15) is 5.60 Å². The molecule has 23 heavy (non-hydrogen) atoms. The molecule has 0 saturated heterocycles. The zero-order chi connectivity index (χ0) is 15.8. The summed E-state index contributed by atoms with van der Waals surface area (Å²) >= 11 is 0. The Morgan fingerprint density at radius 2 is 1.13 bits per heavy atom. The van der Waals surface area contributed by atoms with Crippen LogP contribution in [0.4, 0.5) is 5.69 Å². The monoisotopic (exact) mass is 301 g/mol. The molecule has 2 atom stereocenters. The van der Waals surface area contributed by atoms with Crippen LogP contribution in [-0.4, -0.2) is 5.11 Å². The van der Waals surface area contributed by atoms with Crippen molar-refractivity contribution in [2.75, 3.05) is 5.32 Å². The molecule has 1 saturated carbocycles. The molecular formula is C21H19NO. The van der Waals surface area contributed by atoms with Crippen LogP contribution in [0.3, 0.4) is 0 Å². The van der Waals surface area contributed by atoms with E-state index in [9.17, 15) is 5.11 Å². The number of aliphatic hydroxyl groups is 1. The molecule has 3 aromatic carbocycles. The zero-order valence-electron chi connectivity index (χ0n) is 12.8. The van der Waals surface area contributed by atoms with E-state index < -0.39 is 11.1 Å². The smallest absolute Gasteiger partial charge is 0.119 e. The molecule has 2 nitrogen and oxygen atoms in total. The van der Waals surface area contributed by atoms with Crippen LogP contribution in [-0.2, 0) is 11.1 Å². The summed E-state index contributed by atoms with van der Waals surface area (Å²) in [6.07, 6.45) is 0.656. The van der Waals surface area contributed by atoms with Crippen molar-refractivity contribution in [3.63, 3.8) is 0 Å². The molecule has 114 valence electrons. The lowest BCUT2D eigenvalue weighted by molar-refractivity contribution is 0.126. The molecule has 0 amide bonds. The molecule has 0 aromatic heterocycles. The summed E-state index contributed by atoms with van der Waals surface area (Å²) in [5.74, 6) is 0. The molecule has 3 aromatic rings. The molecule has 0 bridgehead atoms. The van der Waals surface area contributed by atoms with Gasteiger partial charge >= 0.3 is 0 Å². The molecular weight excluding hydrogens is 282 g/mol. The van der Waals surface area contributed by atoms with Gasteiger partial charge in [0.2, 0.25) is 0 Å². The topological polar surface area (TPSA) is 32.3 Å². The van der Waals surface area contributed by atoms with Gasteiger partial charge in [0.15, 0.2) is 0 Å². The number of para-hydroxylation sites is 1. The van der Waals surface area contributed by atoms with Gasteiger partial charge in [0, 0.05) is 12.1 Å². The second kappa shape index (κ2) is 5.25. The minimum atomic E-state index is -0.897. The summed E-state index contributed by atoms with van der Waals surface area (Å²) < 4.78 is 0. The van der Waals surface area contributed by atoms with Gasteiger partial charge in [-0.2, -0.15) is 0 Å². The Morgan fingerprint density at radius 3 is 1.70 bits per heavy atom. The van der Waals surface area contributed by atoms with E-state index in [1.165, 1.54) is 0 Å². The van der Waals surface area contributed by atoms with Crippen molar-refractivity contribution < 1.29 is 5.11 Å². The highest BCUT2D eigenvalue weighted by molar-refractivity contribution is 5.57. The molecule has 0 radical (unpaired) electrons. The van der Waals surface area contributed by atoms with Gasteiger partial charge in [-0.3, -0.25) is 0 Å². The van der Waals surface area contributed by atoms with Crippen molar-refractivity contribution in [1.82, 2.24) is 0 Å². The number of hydrogen-bond donors (Lipinski definition) is 2. The van der Waals surface area contributed by atoms with Crippen LogP contribution in [0, 0.1) is 0 Å². The molecule has 0 spiro atoms. The number of nitrogens with one attached hydrogen (secondary N) is 1. The summed E-state index contributed by atoms with van der Waals surface area (Å²) in [6.45, 7) is 0.